The second-order valence-corrected chi connectivity index (χ2v) is 8.79. The molecule has 1 aromatic carbocycles. The molecule has 134 valence electrons. The van der Waals surface area contributed by atoms with Crippen LogP contribution >= 0.6 is 11.6 Å². The van der Waals surface area contributed by atoms with Crippen molar-refractivity contribution in [1.29, 1.82) is 0 Å². The Labute approximate surface area is 149 Å². The van der Waals surface area contributed by atoms with Gasteiger partial charge in [-0.25, -0.2) is 22.8 Å². The lowest BCUT2D eigenvalue weighted by atomic mass is 10.0. The van der Waals surface area contributed by atoms with Crippen molar-refractivity contribution in [2.75, 3.05) is 30.9 Å². The second kappa shape index (κ2) is 6.03. The van der Waals surface area contributed by atoms with E-state index >= 15 is 0 Å². The number of aryl methyl sites for hydroxylation is 1. The summed E-state index contributed by atoms with van der Waals surface area (Å²) in [7, 11) is -3.69. The van der Waals surface area contributed by atoms with Gasteiger partial charge in [0.25, 0.3) is 0 Å². The Morgan fingerprint density at radius 1 is 1.40 bits per heavy atom. The molecule has 3 heterocycles. The van der Waals surface area contributed by atoms with Gasteiger partial charge in [-0.05, 0) is 30.9 Å². The number of hydrogen-bond acceptors (Lipinski definition) is 6. The predicted octanol–water partition coefficient (Wildman–Crippen LogP) is 2.37. The molecule has 1 unspecified atom stereocenters. The summed E-state index contributed by atoms with van der Waals surface area (Å²) in [6, 6.07) is 1.65. The van der Waals surface area contributed by atoms with Gasteiger partial charge in [0.05, 0.1) is 17.7 Å². The number of hydrogen-bond donors (Lipinski definition) is 0. The van der Waals surface area contributed by atoms with E-state index in [1.807, 2.05) is 4.90 Å². The fourth-order valence-corrected chi connectivity index (χ4v) is 4.26. The number of anilines is 1. The van der Waals surface area contributed by atoms with E-state index in [2.05, 4.69) is 9.97 Å². The third-order valence-corrected chi connectivity index (χ3v) is 5.82. The summed E-state index contributed by atoms with van der Waals surface area (Å²) in [5, 5.41) is 0.117. The van der Waals surface area contributed by atoms with E-state index in [0.29, 0.717) is 37.4 Å². The Hall–Kier alpha value is -1.51. The van der Waals surface area contributed by atoms with E-state index in [4.69, 9.17) is 16.3 Å². The highest BCUT2D eigenvalue weighted by Gasteiger charge is 2.31. The molecule has 9 heteroatoms. The van der Waals surface area contributed by atoms with Gasteiger partial charge < -0.3 is 9.64 Å². The minimum Gasteiger partial charge on any atom is -0.379 e. The van der Waals surface area contributed by atoms with Crippen molar-refractivity contribution >= 4 is 38.2 Å². The number of sulfone groups is 1. The standard InChI is InChI=1S/C16H17ClFN3O3S/c1-25(22,23)16-19-14-12-9(7-11(17)13(14)18)3-4-10-8-24-6-2-5-21(10)15(12)20-16/h7,10H,2-6,8H2,1H3. The lowest BCUT2D eigenvalue weighted by Gasteiger charge is -2.29. The number of benzene rings is 1. The van der Waals surface area contributed by atoms with E-state index in [1.165, 1.54) is 0 Å². The maximum atomic E-state index is 14.7. The van der Waals surface area contributed by atoms with E-state index in [-0.39, 0.29) is 21.7 Å². The van der Waals surface area contributed by atoms with Crippen molar-refractivity contribution in [3.63, 3.8) is 0 Å². The molecule has 2 aromatic rings. The van der Waals surface area contributed by atoms with Crippen molar-refractivity contribution < 1.29 is 17.5 Å². The topological polar surface area (TPSA) is 72.4 Å². The zero-order valence-corrected chi connectivity index (χ0v) is 15.2. The summed E-state index contributed by atoms with van der Waals surface area (Å²) in [6.07, 6.45) is 3.28. The van der Waals surface area contributed by atoms with Crippen molar-refractivity contribution in [1.82, 2.24) is 9.97 Å². The third-order valence-electron chi connectivity index (χ3n) is 4.70. The molecule has 0 bridgehead atoms. The lowest BCUT2D eigenvalue weighted by Crippen LogP contribution is -2.38. The summed E-state index contributed by atoms with van der Waals surface area (Å²) < 4.78 is 44.4. The molecule has 0 amide bonds. The van der Waals surface area contributed by atoms with Gasteiger partial charge in [0.1, 0.15) is 11.3 Å². The van der Waals surface area contributed by atoms with Gasteiger partial charge >= 0.3 is 0 Å². The van der Waals surface area contributed by atoms with Crippen LogP contribution < -0.4 is 4.90 Å². The van der Waals surface area contributed by atoms with E-state index in [1.54, 1.807) is 6.07 Å². The normalized spacial score (nSPS) is 20.9. The molecule has 2 aliphatic heterocycles. The first-order chi connectivity index (χ1) is 11.9. The van der Waals surface area contributed by atoms with Gasteiger partial charge in [0.2, 0.25) is 15.0 Å². The average molecular weight is 386 g/mol. The SMILES string of the molecule is CS(=O)(=O)c1nc2c3c(cc(Cl)c(F)c3n1)CCC1COCCCN21. The smallest absolute Gasteiger partial charge is 0.249 e. The van der Waals surface area contributed by atoms with E-state index in [0.717, 1.165) is 24.7 Å². The van der Waals surface area contributed by atoms with Crippen molar-refractivity contribution in [2.45, 2.75) is 30.5 Å². The first-order valence-corrected chi connectivity index (χ1v) is 10.4. The van der Waals surface area contributed by atoms with Gasteiger partial charge in [-0.1, -0.05) is 11.6 Å². The monoisotopic (exact) mass is 385 g/mol. The molecule has 1 saturated heterocycles. The zero-order valence-electron chi connectivity index (χ0n) is 13.6. The second-order valence-electron chi connectivity index (χ2n) is 6.47. The number of ether oxygens (including phenoxy) is 1. The molecule has 25 heavy (non-hydrogen) atoms. The summed E-state index contributed by atoms with van der Waals surface area (Å²) in [6.45, 7) is 1.84. The predicted molar refractivity (Wildman–Crippen MR) is 92.5 cm³/mol. The van der Waals surface area contributed by atoms with Crippen LogP contribution in [0.4, 0.5) is 10.2 Å². The molecule has 1 fully saturated rings. The van der Waals surface area contributed by atoms with E-state index < -0.39 is 15.7 Å². The van der Waals surface area contributed by atoms with Crippen LogP contribution in [-0.4, -0.2) is 50.4 Å². The molecule has 6 nitrogen and oxygen atoms in total. The molecule has 0 aliphatic carbocycles. The quantitative estimate of drug-likeness (QED) is 0.702. The molecule has 0 radical (unpaired) electrons. The third kappa shape index (κ3) is 2.86. The molecule has 0 spiro atoms. The Kier molecular flexibility index (Phi) is 4.09. The van der Waals surface area contributed by atoms with Crippen molar-refractivity contribution in [3.05, 3.63) is 22.5 Å². The average Bonchev–Trinajstić information content (AvgIpc) is 2.86. The number of halogens is 2. The fraction of sp³-hybridized carbons (Fsp3) is 0.500. The largest absolute Gasteiger partial charge is 0.379 e. The van der Waals surface area contributed by atoms with Crippen LogP contribution in [0, 0.1) is 5.82 Å². The van der Waals surface area contributed by atoms with Crippen LogP contribution in [0.3, 0.4) is 0 Å². The van der Waals surface area contributed by atoms with Gasteiger partial charge in [-0.15, -0.1) is 0 Å². The molecule has 0 saturated carbocycles. The first kappa shape index (κ1) is 16.9. The van der Waals surface area contributed by atoms with Crippen LogP contribution in [0.25, 0.3) is 10.9 Å². The Balaban J connectivity index is 2.08. The fourth-order valence-electron chi connectivity index (χ4n) is 3.52. The summed E-state index contributed by atoms with van der Waals surface area (Å²) in [5.74, 6) is -0.248. The lowest BCUT2D eigenvalue weighted by molar-refractivity contribution is 0.132. The maximum absolute atomic E-state index is 14.7. The zero-order chi connectivity index (χ0) is 17.8. The maximum Gasteiger partial charge on any atom is 0.249 e. The number of aromatic nitrogens is 2. The highest BCUT2D eigenvalue weighted by molar-refractivity contribution is 7.90. The van der Waals surface area contributed by atoms with Crippen LogP contribution in [0.5, 0.6) is 0 Å². The van der Waals surface area contributed by atoms with Crippen LogP contribution in [-0.2, 0) is 21.0 Å². The Bertz CT molecular complexity index is 967. The van der Waals surface area contributed by atoms with Gasteiger partial charge in [0, 0.05) is 24.8 Å². The minimum atomic E-state index is -3.69. The van der Waals surface area contributed by atoms with Crippen molar-refractivity contribution in [3.8, 4) is 0 Å². The number of fused-ring (bicyclic) bond motifs is 2. The van der Waals surface area contributed by atoms with Gasteiger partial charge in [-0.2, -0.15) is 0 Å². The van der Waals surface area contributed by atoms with E-state index in [9.17, 15) is 12.8 Å². The first-order valence-electron chi connectivity index (χ1n) is 8.09. The van der Waals surface area contributed by atoms with Crippen LogP contribution in [0.2, 0.25) is 5.02 Å². The number of nitrogens with zero attached hydrogens (tertiary/aromatic N) is 3. The molecule has 4 rings (SSSR count). The number of rotatable bonds is 1. The highest BCUT2D eigenvalue weighted by atomic mass is 35.5. The summed E-state index contributed by atoms with van der Waals surface area (Å²) in [5.41, 5.74) is 0.809. The Morgan fingerprint density at radius 3 is 2.96 bits per heavy atom. The van der Waals surface area contributed by atoms with Crippen LogP contribution in [0.1, 0.15) is 18.4 Å². The molecular weight excluding hydrogens is 369 g/mol. The molecule has 0 N–H and O–H groups in total. The van der Waals surface area contributed by atoms with Crippen molar-refractivity contribution in [2.24, 2.45) is 0 Å². The van der Waals surface area contributed by atoms with Crippen LogP contribution in [0.15, 0.2) is 11.2 Å². The summed E-state index contributed by atoms with van der Waals surface area (Å²) >= 11 is 6.02. The molecular formula is C16H17ClFN3O3S. The van der Waals surface area contributed by atoms with Gasteiger partial charge in [-0.3, -0.25) is 0 Å². The minimum absolute atomic E-state index is 0.0289. The molecule has 2 aliphatic rings. The Morgan fingerprint density at radius 2 is 2.20 bits per heavy atom. The highest BCUT2D eigenvalue weighted by Crippen LogP contribution is 2.38. The molecule has 1 aromatic heterocycles. The van der Waals surface area contributed by atoms with Gasteiger partial charge in [0.15, 0.2) is 5.82 Å². The summed E-state index contributed by atoms with van der Waals surface area (Å²) in [4.78, 5) is 10.4. The molecule has 1 atom stereocenters.